The first-order valence-electron chi connectivity index (χ1n) is 11.5. The Balaban J connectivity index is 1.98. The molecule has 3 atom stereocenters. The van der Waals surface area contributed by atoms with Crippen LogP contribution in [0.2, 0.25) is 0 Å². The van der Waals surface area contributed by atoms with E-state index in [1.807, 2.05) is 36.7 Å². The molecule has 0 saturated heterocycles. The number of aliphatic carboxylic acids is 1. The van der Waals surface area contributed by atoms with Gasteiger partial charge in [0.2, 0.25) is 0 Å². The Morgan fingerprint density at radius 3 is 2.24 bits per heavy atom. The number of methoxy groups -OCH3 is 2. The normalized spacial score (nSPS) is 20.4. The fourth-order valence-corrected chi connectivity index (χ4v) is 4.50. The maximum Gasteiger partial charge on any atom is 0.305 e. The number of amides is 1. The van der Waals surface area contributed by atoms with E-state index in [2.05, 4.69) is 24.3 Å². The molecule has 1 amide bonds. The van der Waals surface area contributed by atoms with Crippen molar-refractivity contribution < 1.29 is 24.2 Å². The number of rotatable bonds is 11. The molecule has 2 unspecified atom stereocenters. The van der Waals surface area contributed by atoms with Crippen molar-refractivity contribution in [3.8, 4) is 22.8 Å². The highest BCUT2D eigenvalue weighted by molar-refractivity contribution is 5.94. The van der Waals surface area contributed by atoms with Crippen molar-refractivity contribution in [2.45, 2.75) is 53.1 Å². The number of aromatic nitrogens is 2. The standard InChI is InChI=1S/C25H35N3O5/c1-14(2)10-17(11-23(29)30)26-25(31)19-12-20(28(27-19)13-18-15(3)16(18)4)24-21(32-5)8-7-9-22(24)33-6/h7-9,12,14-18H,10-11,13H2,1-6H3,(H,26,31)(H,29,30)/t15?,16?,17-,18?/m0/s1. The van der Waals surface area contributed by atoms with Crippen LogP contribution in [-0.4, -0.2) is 47.0 Å². The van der Waals surface area contributed by atoms with Gasteiger partial charge in [-0.15, -0.1) is 0 Å². The molecule has 180 valence electrons. The number of carbonyl (C=O) groups excluding carboxylic acids is 1. The van der Waals surface area contributed by atoms with Crippen LogP contribution >= 0.6 is 0 Å². The molecule has 0 bridgehead atoms. The van der Waals surface area contributed by atoms with Crippen molar-refractivity contribution in [3.05, 3.63) is 30.0 Å². The summed E-state index contributed by atoms with van der Waals surface area (Å²) in [6, 6.07) is 6.82. The minimum absolute atomic E-state index is 0.130. The van der Waals surface area contributed by atoms with Gasteiger partial charge in [-0.05, 0) is 48.3 Å². The van der Waals surface area contributed by atoms with Crippen molar-refractivity contribution in [2.24, 2.45) is 23.7 Å². The molecule has 8 nitrogen and oxygen atoms in total. The Hall–Kier alpha value is -3.03. The minimum Gasteiger partial charge on any atom is -0.496 e. The monoisotopic (exact) mass is 457 g/mol. The second-order valence-corrected chi connectivity index (χ2v) is 9.41. The van der Waals surface area contributed by atoms with E-state index in [1.165, 1.54) is 0 Å². The fourth-order valence-electron chi connectivity index (χ4n) is 4.50. The number of carboxylic acids is 1. The van der Waals surface area contributed by atoms with Gasteiger partial charge in [-0.25, -0.2) is 0 Å². The molecule has 0 spiro atoms. The molecule has 1 saturated carbocycles. The number of nitrogens with one attached hydrogen (secondary N) is 1. The summed E-state index contributed by atoms with van der Waals surface area (Å²) < 4.78 is 13.0. The number of carbonyl (C=O) groups is 2. The van der Waals surface area contributed by atoms with Crippen LogP contribution in [0.4, 0.5) is 0 Å². The summed E-state index contributed by atoms with van der Waals surface area (Å²) in [7, 11) is 3.19. The van der Waals surface area contributed by atoms with Crippen LogP contribution < -0.4 is 14.8 Å². The Labute approximate surface area is 195 Å². The average molecular weight is 458 g/mol. The van der Waals surface area contributed by atoms with Crippen LogP contribution in [-0.2, 0) is 11.3 Å². The van der Waals surface area contributed by atoms with Crippen LogP contribution in [0.15, 0.2) is 24.3 Å². The largest absolute Gasteiger partial charge is 0.496 e. The summed E-state index contributed by atoms with van der Waals surface area (Å²) in [5, 5.41) is 16.8. The zero-order valence-corrected chi connectivity index (χ0v) is 20.3. The smallest absolute Gasteiger partial charge is 0.305 e. The van der Waals surface area contributed by atoms with Gasteiger partial charge in [-0.1, -0.05) is 33.8 Å². The summed E-state index contributed by atoms with van der Waals surface area (Å²) in [4.78, 5) is 24.4. The lowest BCUT2D eigenvalue weighted by Gasteiger charge is -2.18. The Kier molecular flexibility index (Phi) is 7.66. The molecule has 8 heteroatoms. The second-order valence-electron chi connectivity index (χ2n) is 9.41. The molecule has 0 radical (unpaired) electrons. The number of ether oxygens (including phenoxy) is 2. The zero-order chi connectivity index (χ0) is 24.3. The highest BCUT2D eigenvalue weighted by atomic mass is 16.5. The second kappa shape index (κ2) is 10.3. The van der Waals surface area contributed by atoms with Crippen LogP contribution in [0.3, 0.4) is 0 Å². The molecular weight excluding hydrogens is 422 g/mol. The average Bonchev–Trinajstić information content (AvgIpc) is 3.12. The van der Waals surface area contributed by atoms with Crippen molar-refractivity contribution in [1.82, 2.24) is 15.1 Å². The van der Waals surface area contributed by atoms with E-state index in [1.54, 1.807) is 20.3 Å². The Bertz CT molecular complexity index is 970. The predicted molar refractivity (Wildman–Crippen MR) is 126 cm³/mol. The van der Waals surface area contributed by atoms with Gasteiger partial charge >= 0.3 is 5.97 Å². The fraction of sp³-hybridized carbons (Fsp3) is 0.560. The van der Waals surface area contributed by atoms with Crippen LogP contribution in [0.5, 0.6) is 11.5 Å². The minimum atomic E-state index is -0.942. The maximum absolute atomic E-state index is 13.1. The van der Waals surface area contributed by atoms with Crippen molar-refractivity contribution >= 4 is 11.9 Å². The Morgan fingerprint density at radius 1 is 1.15 bits per heavy atom. The predicted octanol–water partition coefficient (Wildman–Crippen LogP) is 4.09. The lowest BCUT2D eigenvalue weighted by Crippen LogP contribution is -2.37. The maximum atomic E-state index is 13.1. The van der Waals surface area contributed by atoms with Crippen LogP contribution in [0.1, 0.15) is 51.0 Å². The van der Waals surface area contributed by atoms with Gasteiger partial charge in [0.05, 0.1) is 31.9 Å². The summed E-state index contributed by atoms with van der Waals surface area (Å²) in [6.45, 7) is 9.12. The number of benzene rings is 1. The first-order valence-corrected chi connectivity index (χ1v) is 11.5. The highest BCUT2D eigenvalue weighted by Crippen LogP contribution is 2.47. The van der Waals surface area contributed by atoms with Gasteiger partial charge in [0, 0.05) is 12.6 Å². The molecule has 1 aromatic carbocycles. The number of hydrogen-bond acceptors (Lipinski definition) is 5. The summed E-state index contributed by atoms with van der Waals surface area (Å²) in [5.41, 5.74) is 1.72. The van der Waals surface area contributed by atoms with E-state index in [9.17, 15) is 14.7 Å². The number of carboxylic acid groups (broad SMARTS) is 1. The van der Waals surface area contributed by atoms with Gasteiger partial charge in [-0.2, -0.15) is 5.10 Å². The zero-order valence-electron chi connectivity index (χ0n) is 20.3. The lowest BCUT2D eigenvalue weighted by molar-refractivity contribution is -0.137. The summed E-state index contributed by atoms with van der Waals surface area (Å²) in [5.74, 6) is 1.83. The topological polar surface area (TPSA) is 103 Å². The number of nitrogens with zero attached hydrogens (tertiary/aromatic N) is 2. The van der Waals surface area contributed by atoms with Gasteiger partial charge in [0.25, 0.3) is 5.91 Å². The molecular formula is C25H35N3O5. The van der Waals surface area contributed by atoms with Gasteiger partial charge in [0.15, 0.2) is 5.69 Å². The van der Waals surface area contributed by atoms with Crippen LogP contribution in [0, 0.1) is 23.7 Å². The first-order chi connectivity index (χ1) is 15.7. The van der Waals surface area contributed by atoms with E-state index in [4.69, 9.17) is 9.47 Å². The molecule has 33 heavy (non-hydrogen) atoms. The molecule has 1 fully saturated rings. The quantitative estimate of drug-likeness (QED) is 0.527. The van der Waals surface area contributed by atoms with Crippen molar-refractivity contribution in [1.29, 1.82) is 0 Å². The van der Waals surface area contributed by atoms with Gasteiger partial charge in [0.1, 0.15) is 11.5 Å². The molecule has 1 aromatic heterocycles. The molecule has 2 aromatic rings. The third kappa shape index (κ3) is 5.67. The van der Waals surface area contributed by atoms with E-state index in [0.29, 0.717) is 42.2 Å². The van der Waals surface area contributed by atoms with E-state index in [0.717, 1.165) is 11.3 Å². The SMILES string of the molecule is COc1cccc(OC)c1-c1cc(C(=O)N[C@H](CC(=O)O)CC(C)C)nn1CC1C(C)C1C. The molecule has 1 aliphatic carbocycles. The summed E-state index contributed by atoms with van der Waals surface area (Å²) >= 11 is 0. The molecule has 3 rings (SSSR count). The van der Waals surface area contributed by atoms with Crippen LogP contribution in [0.25, 0.3) is 11.3 Å². The number of hydrogen-bond donors (Lipinski definition) is 2. The molecule has 0 aliphatic heterocycles. The Morgan fingerprint density at radius 2 is 1.76 bits per heavy atom. The van der Waals surface area contributed by atoms with Gasteiger partial charge < -0.3 is 19.9 Å². The third-order valence-electron chi connectivity index (χ3n) is 6.63. The lowest BCUT2D eigenvalue weighted by atomic mass is 10.0. The third-order valence-corrected chi connectivity index (χ3v) is 6.63. The van der Waals surface area contributed by atoms with E-state index >= 15 is 0 Å². The van der Waals surface area contributed by atoms with E-state index in [-0.39, 0.29) is 23.9 Å². The summed E-state index contributed by atoms with van der Waals surface area (Å²) in [6.07, 6.45) is 0.442. The first kappa shape index (κ1) is 24.6. The molecule has 2 N–H and O–H groups in total. The highest BCUT2D eigenvalue weighted by Gasteiger charge is 2.43. The van der Waals surface area contributed by atoms with Gasteiger partial charge in [-0.3, -0.25) is 14.3 Å². The van der Waals surface area contributed by atoms with Crippen molar-refractivity contribution in [3.63, 3.8) is 0 Å². The van der Waals surface area contributed by atoms with Crippen molar-refractivity contribution in [2.75, 3.05) is 14.2 Å². The molecule has 1 aliphatic rings. The molecule has 1 heterocycles. The van der Waals surface area contributed by atoms with E-state index < -0.39 is 12.0 Å².